The van der Waals surface area contributed by atoms with Crippen molar-refractivity contribution in [1.29, 1.82) is 0 Å². The van der Waals surface area contributed by atoms with Crippen molar-refractivity contribution in [3.8, 4) is 5.75 Å². The van der Waals surface area contributed by atoms with E-state index in [1.807, 2.05) is 30.3 Å². The predicted molar refractivity (Wildman–Crippen MR) is 82.9 cm³/mol. The van der Waals surface area contributed by atoms with Gasteiger partial charge in [0, 0.05) is 6.54 Å². The van der Waals surface area contributed by atoms with Crippen LogP contribution in [0.4, 0.5) is 4.39 Å². The maximum absolute atomic E-state index is 13.7. The van der Waals surface area contributed by atoms with E-state index in [2.05, 4.69) is 4.72 Å². The van der Waals surface area contributed by atoms with Gasteiger partial charge in [-0.15, -0.1) is 0 Å². The van der Waals surface area contributed by atoms with E-state index in [9.17, 15) is 12.8 Å². The summed E-state index contributed by atoms with van der Waals surface area (Å²) in [5.41, 5.74) is 1.03. The predicted octanol–water partition coefficient (Wildman–Crippen LogP) is 2.75. The highest BCUT2D eigenvalue weighted by Crippen LogP contribution is 2.20. The van der Waals surface area contributed by atoms with E-state index >= 15 is 0 Å². The van der Waals surface area contributed by atoms with Gasteiger partial charge < -0.3 is 4.74 Å². The summed E-state index contributed by atoms with van der Waals surface area (Å²) in [6, 6.07) is 13.2. The number of nitrogens with one attached hydrogen (secondary N) is 1. The SMILES string of the molecule is CCOc1ccc(S(=O)(=O)NCCc2ccccc2)cc1F. The minimum absolute atomic E-state index is 0.0470. The molecule has 6 heteroatoms. The molecule has 2 aromatic carbocycles. The van der Waals surface area contributed by atoms with Gasteiger partial charge in [-0.2, -0.15) is 0 Å². The van der Waals surface area contributed by atoms with Gasteiger partial charge in [0.15, 0.2) is 11.6 Å². The Morgan fingerprint density at radius 3 is 2.50 bits per heavy atom. The molecule has 118 valence electrons. The molecule has 4 nitrogen and oxygen atoms in total. The minimum atomic E-state index is -3.73. The minimum Gasteiger partial charge on any atom is -0.491 e. The van der Waals surface area contributed by atoms with Crippen LogP contribution in [0, 0.1) is 5.82 Å². The summed E-state index contributed by atoms with van der Waals surface area (Å²) < 4.78 is 45.5. The van der Waals surface area contributed by atoms with E-state index < -0.39 is 15.8 Å². The van der Waals surface area contributed by atoms with Gasteiger partial charge in [-0.3, -0.25) is 0 Å². The summed E-state index contributed by atoms with van der Waals surface area (Å²) in [5, 5.41) is 0. The van der Waals surface area contributed by atoms with Gasteiger partial charge in [0.1, 0.15) is 0 Å². The zero-order chi connectivity index (χ0) is 16.0. The van der Waals surface area contributed by atoms with E-state index in [1.54, 1.807) is 6.92 Å². The summed E-state index contributed by atoms with van der Waals surface area (Å²) in [7, 11) is -3.73. The lowest BCUT2D eigenvalue weighted by Crippen LogP contribution is -2.26. The van der Waals surface area contributed by atoms with Crippen LogP contribution in [-0.4, -0.2) is 21.6 Å². The van der Waals surface area contributed by atoms with Gasteiger partial charge in [-0.1, -0.05) is 30.3 Å². The number of sulfonamides is 1. The Morgan fingerprint density at radius 1 is 1.14 bits per heavy atom. The van der Waals surface area contributed by atoms with Crippen LogP contribution < -0.4 is 9.46 Å². The Hall–Kier alpha value is -1.92. The molecule has 0 spiro atoms. The molecule has 0 unspecified atom stereocenters. The Morgan fingerprint density at radius 2 is 1.86 bits per heavy atom. The van der Waals surface area contributed by atoms with Gasteiger partial charge in [0.2, 0.25) is 10.0 Å². The van der Waals surface area contributed by atoms with Gasteiger partial charge in [-0.05, 0) is 37.1 Å². The molecule has 0 bridgehead atoms. The molecule has 2 aromatic rings. The molecule has 0 saturated heterocycles. The topological polar surface area (TPSA) is 55.4 Å². The summed E-state index contributed by atoms with van der Waals surface area (Å²) in [6.45, 7) is 2.30. The molecular weight excluding hydrogens is 305 g/mol. The van der Waals surface area contributed by atoms with Crippen molar-refractivity contribution in [2.75, 3.05) is 13.2 Å². The molecule has 0 amide bonds. The van der Waals surface area contributed by atoms with E-state index in [1.165, 1.54) is 12.1 Å². The summed E-state index contributed by atoms with van der Waals surface area (Å²) in [6.07, 6.45) is 0.569. The number of benzene rings is 2. The van der Waals surface area contributed by atoms with Gasteiger partial charge in [0.25, 0.3) is 0 Å². The zero-order valence-electron chi connectivity index (χ0n) is 12.3. The second-order valence-electron chi connectivity index (χ2n) is 4.66. The molecule has 0 aromatic heterocycles. The van der Waals surface area contributed by atoms with Gasteiger partial charge >= 0.3 is 0 Å². The number of hydrogen-bond donors (Lipinski definition) is 1. The Kier molecular flexibility index (Phi) is 5.51. The molecule has 22 heavy (non-hydrogen) atoms. The first-order valence-corrected chi connectivity index (χ1v) is 8.47. The van der Waals surface area contributed by atoms with Crippen molar-refractivity contribution in [3.05, 3.63) is 59.9 Å². The van der Waals surface area contributed by atoms with Crippen molar-refractivity contribution in [2.24, 2.45) is 0 Å². The van der Waals surface area contributed by atoms with Crippen molar-refractivity contribution in [1.82, 2.24) is 4.72 Å². The highest BCUT2D eigenvalue weighted by Gasteiger charge is 2.16. The maximum atomic E-state index is 13.7. The average molecular weight is 323 g/mol. The number of hydrogen-bond acceptors (Lipinski definition) is 3. The molecule has 0 fully saturated rings. The monoisotopic (exact) mass is 323 g/mol. The van der Waals surface area contributed by atoms with E-state index in [-0.39, 0.29) is 17.2 Å². The standard InChI is InChI=1S/C16H18FNO3S/c1-2-21-16-9-8-14(12-15(16)17)22(19,20)18-11-10-13-6-4-3-5-7-13/h3-9,12,18H,2,10-11H2,1H3. The lowest BCUT2D eigenvalue weighted by molar-refractivity contribution is 0.321. The molecule has 0 heterocycles. The lowest BCUT2D eigenvalue weighted by atomic mass is 10.2. The number of halogens is 1. The lowest BCUT2D eigenvalue weighted by Gasteiger charge is -2.09. The molecular formula is C16H18FNO3S. The highest BCUT2D eigenvalue weighted by molar-refractivity contribution is 7.89. The van der Waals surface area contributed by atoms with Gasteiger partial charge in [0.05, 0.1) is 11.5 Å². The normalized spacial score (nSPS) is 11.4. The van der Waals surface area contributed by atoms with Crippen LogP contribution in [0.25, 0.3) is 0 Å². The second-order valence-corrected chi connectivity index (χ2v) is 6.43. The fraction of sp³-hybridized carbons (Fsp3) is 0.250. The van der Waals surface area contributed by atoms with E-state index in [0.717, 1.165) is 11.6 Å². The number of rotatable bonds is 7. The maximum Gasteiger partial charge on any atom is 0.240 e. The summed E-state index contributed by atoms with van der Waals surface area (Å²) >= 11 is 0. The fourth-order valence-corrected chi connectivity index (χ4v) is 3.02. The summed E-state index contributed by atoms with van der Waals surface area (Å²) in [5.74, 6) is -0.640. The van der Waals surface area contributed by atoms with E-state index in [4.69, 9.17) is 4.74 Å². The third-order valence-corrected chi connectivity index (χ3v) is 4.52. The van der Waals surface area contributed by atoms with Crippen molar-refractivity contribution in [3.63, 3.8) is 0 Å². The van der Waals surface area contributed by atoms with Crippen LogP contribution in [-0.2, 0) is 16.4 Å². The van der Waals surface area contributed by atoms with Crippen LogP contribution in [0.3, 0.4) is 0 Å². The fourth-order valence-electron chi connectivity index (χ4n) is 1.98. The Bertz CT molecular complexity index is 717. The second kappa shape index (κ2) is 7.38. The van der Waals surface area contributed by atoms with E-state index in [0.29, 0.717) is 13.0 Å². The molecule has 0 aliphatic rings. The largest absolute Gasteiger partial charge is 0.491 e. The molecule has 0 aliphatic heterocycles. The van der Waals surface area contributed by atoms with Crippen molar-refractivity contribution in [2.45, 2.75) is 18.2 Å². The zero-order valence-corrected chi connectivity index (χ0v) is 13.1. The molecule has 0 saturated carbocycles. The molecule has 0 radical (unpaired) electrons. The molecule has 0 atom stereocenters. The van der Waals surface area contributed by atoms with Crippen molar-refractivity contribution >= 4 is 10.0 Å². The first kappa shape index (κ1) is 16.5. The first-order chi connectivity index (χ1) is 10.5. The molecule has 1 N–H and O–H groups in total. The quantitative estimate of drug-likeness (QED) is 0.852. The highest BCUT2D eigenvalue weighted by atomic mass is 32.2. The van der Waals surface area contributed by atoms with Crippen LogP contribution >= 0.6 is 0 Å². The smallest absolute Gasteiger partial charge is 0.240 e. The number of ether oxygens (including phenoxy) is 1. The third kappa shape index (κ3) is 4.29. The van der Waals surface area contributed by atoms with Crippen molar-refractivity contribution < 1.29 is 17.5 Å². The first-order valence-electron chi connectivity index (χ1n) is 6.99. The molecule has 2 rings (SSSR count). The van der Waals surface area contributed by atoms with Crippen LogP contribution in [0.2, 0.25) is 0 Å². The molecule has 0 aliphatic carbocycles. The third-order valence-electron chi connectivity index (χ3n) is 3.06. The van der Waals surface area contributed by atoms with Crippen LogP contribution in [0.1, 0.15) is 12.5 Å². The van der Waals surface area contributed by atoms with Crippen LogP contribution in [0.15, 0.2) is 53.4 Å². The van der Waals surface area contributed by atoms with Gasteiger partial charge in [-0.25, -0.2) is 17.5 Å². The van der Waals surface area contributed by atoms with Crippen LogP contribution in [0.5, 0.6) is 5.75 Å². The Balaban J connectivity index is 2.02. The average Bonchev–Trinajstić information content (AvgIpc) is 2.50. The Labute approximate surface area is 130 Å². The summed E-state index contributed by atoms with van der Waals surface area (Å²) in [4.78, 5) is -0.110.